The second kappa shape index (κ2) is 9.71. The Morgan fingerprint density at radius 2 is 2.08 bits per heavy atom. The average molecular weight is 366 g/mol. The number of urea groups is 1. The number of amides is 3. The van der Waals surface area contributed by atoms with Gasteiger partial charge in [0.15, 0.2) is 0 Å². The van der Waals surface area contributed by atoms with Gasteiger partial charge in [0.05, 0.1) is 17.0 Å². The minimum absolute atomic E-state index is 0.213. The van der Waals surface area contributed by atoms with Gasteiger partial charge in [0, 0.05) is 25.8 Å². The second-order valence-electron chi connectivity index (χ2n) is 5.24. The molecule has 2 rings (SSSR count). The van der Waals surface area contributed by atoms with E-state index in [0.717, 1.165) is 5.76 Å². The van der Waals surface area contributed by atoms with Crippen LogP contribution in [0, 0.1) is 0 Å². The first kappa shape index (κ1) is 18.8. The lowest BCUT2D eigenvalue weighted by Gasteiger charge is -2.10. The minimum Gasteiger partial charge on any atom is -0.467 e. The monoisotopic (exact) mass is 365 g/mol. The summed E-state index contributed by atoms with van der Waals surface area (Å²) in [6.07, 6.45) is 2.27. The maximum absolute atomic E-state index is 11.8. The van der Waals surface area contributed by atoms with Gasteiger partial charge in [0.25, 0.3) is 0 Å². The van der Waals surface area contributed by atoms with Crippen LogP contribution >= 0.6 is 11.6 Å². The van der Waals surface area contributed by atoms with Gasteiger partial charge in [-0.2, -0.15) is 0 Å². The van der Waals surface area contributed by atoms with Crippen molar-refractivity contribution in [2.75, 3.05) is 23.8 Å². The minimum atomic E-state index is -0.339. The van der Waals surface area contributed by atoms with Crippen LogP contribution in [0.5, 0.6) is 0 Å². The summed E-state index contributed by atoms with van der Waals surface area (Å²) in [5.41, 5.74) is 1.03. The van der Waals surface area contributed by atoms with Crippen LogP contribution in [0.15, 0.2) is 41.0 Å². The third-order valence-electron chi connectivity index (χ3n) is 3.11. The van der Waals surface area contributed by atoms with Crippen molar-refractivity contribution in [2.45, 2.75) is 20.0 Å². The lowest BCUT2D eigenvalue weighted by molar-refractivity contribution is -0.114. The SMILES string of the molecule is CC(=O)Nc1ccc(NC(=O)NCCCOCc2ccco2)cc1Cl. The number of hydrogen-bond donors (Lipinski definition) is 3. The Labute approximate surface area is 150 Å². The summed E-state index contributed by atoms with van der Waals surface area (Å²) in [7, 11) is 0. The molecule has 0 aliphatic heterocycles. The number of anilines is 2. The Hall–Kier alpha value is -2.51. The van der Waals surface area contributed by atoms with Crippen LogP contribution in [-0.2, 0) is 16.1 Å². The van der Waals surface area contributed by atoms with E-state index in [4.69, 9.17) is 20.8 Å². The normalized spacial score (nSPS) is 10.3. The molecule has 8 heteroatoms. The van der Waals surface area contributed by atoms with Crippen LogP contribution in [0.1, 0.15) is 19.1 Å². The van der Waals surface area contributed by atoms with Gasteiger partial charge in [-0.25, -0.2) is 4.79 Å². The lowest BCUT2D eigenvalue weighted by Crippen LogP contribution is -2.30. The molecule has 134 valence electrons. The summed E-state index contributed by atoms with van der Waals surface area (Å²) >= 11 is 6.05. The van der Waals surface area contributed by atoms with Gasteiger partial charge in [-0.05, 0) is 36.8 Å². The van der Waals surface area contributed by atoms with Crippen LogP contribution in [0.4, 0.5) is 16.2 Å². The molecule has 0 atom stereocenters. The van der Waals surface area contributed by atoms with Crippen molar-refractivity contribution in [3.8, 4) is 0 Å². The molecular formula is C17H20ClN3O4. The van der Waals surface area contributed by atoms with Gasteiger partial charge in [-0.1, -0.05) is 11.6 Å². The molecule has 1 heterocycles. The number of carbonyl (C=O) groups excluding carboxylic acids is 2. The van der Waals surface area contributed by atoms with E-state index in [2.05, 4.69) is 16.0 Å². The maximum atomic E-state index is 11.8. The highest BCUT2D eigenvalue weighted by molar-refractivity contribution is 6.34. The third kappa shape index (κ3) is 6.86. The molecule has 3 N–H and O–H groups in total. The molecule has 1 aromatic carbocycles. The Morgan fingerprint density at radius 3 is 2.76 bits per heavy atom. The van der Waals surface area contributed by atoms with E-state index in [1.54, 1.807) is 30.5 Å². The zero-order chi connectivity index (χ0) is 18.1. The molecule has 1 aromatic heterocycles. The summed E-state index contributed by atoms with van der Waals surface area (Å²) in [4.78, 5) is 22.8. The van der Waals surface area contributed by atoms with E-state index in [1.165, 1.54) is 6.92 Å². The largest absolute Gasteiger partial charge is 0.467 e. The van der Waals surface area contributed by atoms with Crippen molar-refractivity contribution in [1.82, 2.24) is 5.32 Å². The highest BCUT2D eigenvalue weighted by atomic mass is 35.5. The van der Waals surface area contributed by atoms with Crippen molar-refractivity contribution in [1.29, 1.82) is 0 Å². The summed E-state index contributed by atoms with van der Waals surface area (Å²) in [5.74, 6) is 0.555. The van der Waals surface area contributed by atoms with Gasteiger partial charge < -0.3 is 25.1 Å². The van der Waals surface area contributed by atoms with Crippen LogP contribution in [0.25, 0.3) is 0 Å². The maximum Gasteiger partial charge on any atom is 0.319 e. The predicted octanol–water partition coefficient (Wildman–Crippen LogP) is 3.62. The molecule has 0 bridgehead atoms. The highest BCUT2D eigenvalue weighted by Crippen LogP contribution is 2.25. The summed E-state index contributed by atoms with van der Waals surface area (Å²) in [5, 5.41) is 8.34. The molecule has 0 aliphatic rings. The molecule has 2 aromatic rings. The fourth-order valence-corrected chi connectivity index (χ4v) is 2.23. The van der Waals surface area contributed by atoms with E-state index in [9.17, 15) is 9.59 Å². The zero-order valence-corrected chi connectivity index (χ0v) is 14.6. The number of benzene rings is 1. The number of hydrogen-bond acceptors (Lipinski definition) is 4. The van der Waals surface area contributed by atoms with E-state index in [-0.39, 0.29) is 11.9 Å². The van der Waals surface area contributed by atoms with E-state index < -0.39 is 0 Å². The first-order valence-electron chi connectivity index (χ1n) is 7.76. The predicted molar refractivity (Wildman–Crippen MR) is 95.8 cm³/mol. The molecular weight excluding hydrogens is 346 g/mol. The lowest BCUT2D eigenvalue weighted by atomic mass is 10.2. The van der Waals surface area contributed by atoms with Crippen LogP contribution in [0.3, 0.4) is 0 Å². The zero-order valence-electron chi connectivity index (χ0n) is 13.8. The first-order valence-corrected chi connectivity index (χ1v) is 8.14. The number of halogens is 1. The fraction of sp³-hybridized carbons (Fsp3) is 0.294. The highest BCUT2D eigenvalue weighted by Gasteiger charge is 2.06. The molecule has 3 amide bonds. The van der Waals surface area contributed by atoms with Gasteiger partial charge in [-0.15, -0.1) is 0 Å². The molecule has 0 fully saturated rings. The quantitative estimate of drug-likeness (QED) is 0.623. The molecule has 0 spiro atoms. The average Bonchev–Trinajstić information content (AvgIpc) is 3.06. The van der Waals surface area contributed by atoms with E-state index in [1.807, 2.05) is 6.07 Å². The summed E-state index contributed by atoms with van der Waals surface area (Å²) < 4.78 is 10.6. The van der Waals surface area contributed by atoms with Gasteiger partial charge in [-0.3, -0.25) is 4.79 Å². The van der Waals surface area contributed by atoms with Crippen LogP contribution in [-0.4, -0.2) is 25.1 Å². The van der Waals surface area contributed by atoms with E-state index in [0.29, 0.717) is 42.6 Å². The topological polar surface area (TPSA) is 92.6 Å². The molecule has 25 heavy (non-hydrogen) atoms. The number of carbonyl (C=O) groups is 2. The smallest absolute Gasteiger partial charge is 0.319 e. The second-order valence-corrected chi connectivity index (χ2v) is 5.65. The number of furan rings is 1. The number of ether oxygens (including phenoxy) is 1. The van der Waals surface area contributed by atoms with Crippen LogP contribution < -0.4 is 16.0 Å². The summed E-state index contributed by atoms with van der Waals surface area (Å²) in [6, 6.07) is 8.16. The van der Waals surface area contributed by atoms with Crippen molar-refractivity contribution in [3.05, 3.63) is 47.4 Å². The van der Waals surface area contributed by atoms with Gasteiger partial charge in [0.1, 0.15) is 12.4 Å². The summed E-state index contributed by atoms with van der Waals surface area (Å²) in [6.45, 7) is 2.80. The van der Waals surface area contributed by atoms with Crippen molar-refractivity contribution < 1.29 is 18.7 Å². The fourth-order valence-electron chi connectivity index (χ4n) is 2.00. The standard InChI is InChI=1S/C17H20ClN3O4/c1-12(22)20-16-6-5-13(10-15(16)18)21-17(23)19-7-3-8-24-11-14-4-2-9-25-14/h2,4-6,9-10H,3,7-8,11H2,1H3,(H,20,22)(H2,19,21,23). The van der Waals surface area contributed by atoms with Crippen LogP contribution in [0.2, 0.25) is 5.02 Å². The molecule has 0 unspecified atom stereocenters. The van der Waals surface area contributed by atoms with E-state index >= 15 is 0 Å². The Balaban J connectivity index is 1.64. The Morgan fingerprint density at radius 1 is 1.24 bits per heavy atom. The number of nitrogens with one attached hydrogen (secondary N) is 3. The Kier molecular flexibility index (Phi) is 7.31. The number of rotatable bonds is 8. The van der Waals surface area contributed by atoms with Crippen molar-refractivity contribution in [2.24, 2.45) is 0 Å². The molecule has 0 saturated carbocycles. The van der Waals surface area contributed by atoms with Crippen molar-refractivity contribution in [3.63, 3.8) is 0 Å². The third-order valence-corrected chi connectivity index (χ3v) is 3.43. The molecule has 7 nitrogen and oxygen atoms in total. The molecule has 0 radical (unpaired) electrons. The molecule has 0 aliphatic carbocycles. The Bertz CT molecular complexity index is 704. The first-order chi connectivity index (χ1) is 12.0. The van der Waals surface area contributed by atoms with Gasteiger partial charge >= 0.3 is 6.03 Å². The molecule has 0 saturated heterocycles. The van der Waals surface area contributed by atoms with Crippen molar-refractivity contribution >= 4 is 34.9 Å². The van der Waals surface area contributed by atoms with Gasteiger partial charge in [0.2, 0.25) is 5.91 Å².